The van der Waals surface area contributed by atoms with Crippen molar-refractivity contribution >= 4 is 17.9 Å². The number of carbonyl (C=O) groups excluding carboxylic acids is 3. The number of nitrogens with zero attached hydrogens (tertiary/aromatic N) is 1. The first kappa shape index (κ1) is 20.2. The van der Waals surface area contributed by atoms with E-state index in [0.29, 0.717) is 12.8 Å². The zero-order valence-corrected chi connectivity index (χ0v) is 15.0. The van der Waals surface area contributed by atoms with Gasteiger partial charge >= 0.3 is 6.09 Å². The van der Waals surface area contributed by atoms with E-state index in [4.69, 9.17) is 15.3 Å². The molecule has 1 fully saturated rings. The highest BCUT2D eigenvalue weighted by Crippen LogP contribution is 2.39. The maximum atomic E-state index is 11.8. The van der Waals surface area contributed by atoms with Crippen molar-refractivity contribution in [1.29, 1.82) is 0 Å². The predicted molar refractivity (Wildman–Crippen MR) is 86.2 cm³/mol. The average molecular weight is 344 g/mol. The van der Waals surface area contributed by atoms with Crippen LogP contribution in [0.5, 0.6) is 0 Å². The number of ether oxygens (including phenoxy) is 1. The summed E-state index contributed by atoms with van der Waals surface area (Å²) in [7, 11) is 1.62. The molecule has 0 atom stereocenters. The molecule has 0 aliphatic carbocycles. The molecule has 4 N–H and O–H groups in total. The molecule has 0 aromatic carbocycles. The smallest absolute Gasteiger partial charge is 0.426 e. The van der Waals surface area contributed by atoms with E-state index in [1.807, 2.05) is 32.8 Å². The maximum Gasteiger partial charge on any atom is 0.426 e. The molecular weight excluding hydrogens is 316 g/mol. The highest BCUT2D eigenvalue weighted by atomic mass is 16.7. The summed E-state index contributed by atoms with van der Waals surface area (Å²) in [5, 5.41) is 1.91. The van der Waals surface area contributed by atoms with Gasteiger partial charge in [-0.2, -0.15) is 5.06 Å². The molecule has 1 aliphatic rings. The summed E-state index contributed by atoms with van der Waals surface area (Å²) < 4.78 is 5.39. The summed E-state index contributed by atoms with van der Waals surface area (Å²) in [5.74, 6) is -1.09. The van der Waals surface area contributed by atoms with Crippen molar-refractivity contribution in [3.8, 4) is 0 Å². The summed E-state index contributed by atoms with van der Waals surface area (Å²) in [4.78, 5) is 39.3. The molecule has 3 amide bonds. The van der Waals surface area contributed by atoms with Crippen molar-refractivity contribution in [2.45, 2.75) is 70.6 Å². The maximum absolute atomic E-state index is 11.8. The molecule has 0 radical (unpaired) electrons. The number of nitrogens with two attached hydrogens (primary N) is 1. The van der Waals surface area contributed by atoms with Crippen molar-refractivity contribution in [3.05, 3.63) is 0 Å². The molecular formula is C15H28N4O5. The van der Waals surface area contributed by atoms with E-state index in [9.17, 15) is 14.4 Å². The molecule has 0 saturated carbocycles. The van der Waals surface area contributed by atoms with Crippen LogP contribution in [0.15, 0.2) is 0 Å². The second-order valence-corrected chi connectivity index (χ2v) is 7.18. The van der Waals surface area contributed by atoms with Gasteiger partial charge in [-0.1, -0.05) is 0 Å². The van der Waals surface area contributed by atoms with Crippen LogP contribution < -0.4 is 16.6 Å². The second kappa shape index (κ2) is 7.80. The third kappa shape index (κ3) is 5.64. The van der Waals surface area contributed by atoms with Crippen LogP contribution in [0.2, 0.25) is 0 Å². The van der Waals surface area contributed by atoms with Gasteiger partial charge in [0, 0.05) is 36.8 Å². The van der Waals surface area contributed by atoms with Gasteiger partial charge in [0.15, 0.2) is 0 Å². The fourth-order valence-corrected chi connectivity index (χ4v) is 3.35. The molecule has 24 heavy (non-hydrogen) atoms. The Morgan fingerprint density at radius 2 is 1.62 bits per heavy atom. The highest BCUT2D eigenvalue weighted by Gasteiger charge is 2.47. The summed E-state index contributed by atoms with van der Waals surface area (Å²) >= 11 is 0. The van der Waals surface area contributed by atoms with E-state index in [1.165, 1.54) is 0 Å². The highest BCUT2D eigenvalue weighted by molar-refractivity contribution is 5.83. The molecule has 1 saturated heterocycles. The molecule has 9 nitrogen and oxygen atoms in total. The van der Waals surface area contributed by atoms with Gasteiger partial charge in [-0.05, 0) is 27.7 Å². The number of hydrogen-bond donors (Lipinski definition) is 3. The van der Waals surface area contributed by atoms with Crippen LogP contribution >= 0.6 is 0 Å². The number of hydrazine groups is 1. The van der Waals surface area contributed by atoms with Crippen molar-refractivity contribution in [2.75, 3.05) is 7.11 Å². The van der Waals surface area contributed by atoms with Gasteiger partial charge in [-0.15, -0.1) is 0 Å². The lowest BCUT2D eigenvalue weighted by atomic mass is 9.80. The molecule has 0 spiro atoms. The Hall–Kier alpha value is -1.87. The normalized spacial score (nSPS) is 20.2. The number of hydrogen-bond acceptors (Lipinski definition) is 6. The summed E-state index contributed by atoms with van der Waals surface area (Å²) in [6, 6.07) is 0. The lowest BCUT2D eigenvalue weighted by Gasteiger charge is -2.52. The Bertz CT molecular complexity index is 474. The third-order valence-corrected chi connectivity index (χ3v) is 3.91. The van der Waals surface area contributed by atoms with Crippen LogP contribution in [0.3, 0.4) is 0 Å². The summed E-state index contributed by atoms with van der Waals surface area (Å²) in [6.07, 6.45) is -0.0584. The van der Waals surface area contributed by atoms with Crippen molar-refractivity contribution in [1.82, 2.24) is 15.9 Å². The SMILES string of the molecule is CON1C(C)(C)CC(OC(=O)NNC(=O)CCC(N)=O)CC1(C)C. The van der Waals surface area contributed by atoms with Crippen LogP contribution in [0.4, 0.5) is 4.79 Å². The van der Waals surface area contributed by atoms with E-state index < -0.39 is 17.9 Å². The van der Waals surface area contributed by atoms with Gasteiger partial charge in [0.2, 0.25) is 11.8 Å². The minimum Gasteiger partial charge on any atom is -0.445 e. The number of rotatable bonds is 5. The van der Waals surface area contributed by atoms with E-state index in [1.54, 1.807) is 7.11 Å². The minimum absolute atomic E-state index is 0.0829. The summed E-state index contributed by atoms with van der Waals surface area (Å²) in [6.45, 7) is 8.04. The van der Waals surface area contributed by atoms with Crippen LogP contribution in [-0.2, 0) is 19.2 Å². The van der Waals surface area contributed by atoms with Gasteiger partial charge in [-0.3, -0.25) is 15.0 Å². The van der Waals surface area contributed by atoms with Gasteiger partial charge in [0.1, 0.15) is 6.10 Å². The van der Waals surface area contributed by atoms with Crippen molar-refractivity contribution < 1.29 is 24.0 Å². The lowest BCUT2D eigenvalue weighted by Crippen LogP contribution is -2.62. The number of primary amides is 1. The average Bonchev–Trinajstić information content (AvgIpc) is 2.40. The largest absolute Gasteiger partial charge is 0.445 e. The zero-order chi connectivity index (χ0) is 18.5. The molecule has 0 aromatic rings. The van der Waals surface area contributed by atoms with E-state index in [0.717, 1.165) is 0 Å². The van der Waals surface area contributed by atoms with E-state index in [-0.39, 0.29) is 30.0 Å². The molecule has 0 bridgehead atoms. The zero-order valence-electron chi connectivity index (χ0n) is 15.0. The van der Waals surface area contributed by atoms with E-state index in [2.05, 4.69) is 10.9 Å². The van der Waals surface area contributed by atoms with Crippen molar-refractivity contribution in [2.24, 2.45) is 5.73 Å². The Labute approximate surface area is 142 Å². The second-order valence-electron chi connectivity index (χ2n) is 7.18. The third-order valence-electron chi connectivity index (χ3n) is 3.91. The fraction of sp³-hybridized carbons (Fsp3) is 0.800. The quantitative estimate of drug-likeness (QED) is 0.627. The van der Waals surface area contributed by atoms with Crippen molar-refractivity contribution in [3.63, 3.8) is 0 Å². The number of carbonyl (C=O) groups is 3. The number of nitrogens with one attached hydrogen (secondary N) is 2. The first-order valence-electron chi connectivity index (χ1n) is 7.86. The molecule has 1 heterocycles. The molecule has 138 valence electrons. The number of piperidine rings is 1. The number of hydroxylamine groups is 2. The van der Waals surface area contributed by atoms with Crippen LogP contribution in [0.25, 0.3) is 0 Å². The number of amides is 3. The fourth-order valence-electron chi connectivity index (χ4n) is 3.35. The molecule has 1 aliphatic heterocycles. The Kier molecular flexibility index (Phi) is 6.56. The Balaban J connectivity index is 2.50. The van der Waals surface area contributed by atoms with Gasteiger partial charge in [0.25, 0.3) is 0 Å². The first-order chi connectivity index (χ1) is 11.0. The Morgan fingerprint density at radius 1 is 1.08 bits per heavy atom. The van der Waals surface area contributed by atoms with E-state index >= 15 is 0 Å². The topological polar surface area (TPSA) is 123 Å². The Morgan fingerprint density at radius 3 is 2.08 bits per heavy atom. The summed E-state index contributed by atoms with van der Waals surface area (Å²) in [5.41, 5.74) is 8.68. The predicted octanol–water partition coefficient (Wildman–Crippen LogP) is 0.592. The van der Waals surface area contributed by atoms with Gasteiger partial charge in [0.05, 0.1) is 7.11 Å². The van der Waals surface area contributed by atoms with Gasteiger partial charge < -0.3 is 15.3 Å². The van der Waals surface area contributed by atoms with Crippen LogP contribution in [0, 0.1) is 0 Å². The molecule has 9 heteroatoms. The van der Waals surface area contributed by atoms with Gasteiger partial charge in [-0.25, -0.2) is 10.2 Å². The minimum atomic E-state index is -0.745. The van der Waals surface area contributed by atoms with Crippen LogP contribution in [-0.4, -0.2) is 47.3 Å². The standard InChI is InChI=1S/C15H28N4O5/c1-14(2)8-10(9-15(3,4)19(14)23-5)24-13(22)18-17-12(21)7-6-11(16)20/h10H,6-9H2,1-5H3,(H2,16,20)(H,17,21)(H,18,22). The lowest BCUT2D eigenvalue weighted by molar-refractivity contribution is -0.276. The van der Waals surface area contributed by atoms with Crippen LogP contribution in [0.1, 0.15) is 53.4 Å². The molecule has 0 aromatic heterocycles. The molecule has 1 rings (SSSR count). The first-order valence-corrected chi connectivity index (χ1v) is 7.86. The monoisotopic (exact) mass is 344 g/mol. The molecule has 0 unspecified atom stereocenters.